The van der Waals surface area contributed by atoms with Gasteiger partial charge < -0.3 is 15.7 Å². The molecule has 1 heterocycles. The number of hydrogen-bond donors (Lipinski definition) is 3. The van der Waals surface area contributed by atoms with E-state index in [0.29, 0.717) is 16.1 Å². The van der Waals surface area contributed by atoms with E-state index in [2.05, 4.69) is 10.6 Å². The van der Waals surface area contributed by atoms with Crippen LogP contribution in [0.3, 0.4) is 0 Å². The first-order chi connectivity index (χ1) is 10.2. The maximum atomic E-state index is 11.8. The second-order valence-electron chi connectivity index (χ2n) is 4.35. The van der Waals surface area contributed by atoms with Crippen LogP contribution in [0.15, 0.2) is 41.8 Å². The Kier molecular flexibility index (Phi) is 5.48. The van der Waals surface area contributed by atoms with Crippen molar-refractivity contribution >= 4 is 28.8 Å². The Bertz CT molecular complexity index is 611. The first kappa shape index (κ1) is 15.2. The highest BCUT2D eigenvalue weighted by Crippen LogP contribution is 2.14. The van der Waals surface area contributed by atoms with E-state index in [9.17, 15) is 14.7 Å². The Morgan fingerprint density at radius 3 is 2.67 bits per heavy atom. The first-order valence-corrected chi connectivity index (χ1v) is 7.39. The summed E-state index contributed by atoms with van der Waals surface area (Å²) < 4.78 is 0. The molecule has 3 N–H and O–H groups in total. The second kappa shape index (κ2) is 7.56. The smallest absolute Gasteiger partial charge is 0.261 e. The van der Waals surface area contributed by atoms with Gasteiger partial charge in [0.2, 0.25) is 5.91 Å². The van der Waals surface area contributed by atoms with Gasteiger partial charge in [0.1, 0.15) is 0 Å². The topological polar surface area (TPSA) is 78.4 Å². The fraction of sp³-hybridized carbons (Fsp3) is 0.200. The van der Waals surface area contributed by atoms with Gasteiger partial charge >= 0.3 is 0 Å². The van der Waals surface area contributed by atoms with Crippen molar-refractivity contribution in [1.82, 2.24) is 5.32 Å². The lowest BCUT2D eigenvalue weighted by Crippen LogP contribution is -2.27. The van der Waals surface area contributed by atoms with E-state index in [1.165, 1.54) is 11.3 Å². The molecule has 0 atom stereocenters. The van der Waals surface area contributed by atoms with Crippen LogP contribution in [0.5, 0.6) is 0 Å². The second-order valence-corrected chi connectivity index (χ2v) is 5.29. The largest absolute Gasteiger partial charge is 0.392 e. The predicted octanol–water partition coefficient (Wildman–Crippen LogP) is 2.00. The molecule has 0 unspecified atom stereocenters. The monoisotopic (exact) mass is 304 g/mol. The summed E-state index contributed by atoms with van der Waals surface area (Å²) in [4.78, 5) is 24.1. The maximum absolute atomic E-state index is 11.8. The summed E-state index contributed by atoms with van der Waals surface area (Å²) in [7, 11) is 0. The zero-order valence-corrected chi connectivity index (χ0v) is 12.2. The van der Waals surface area contributed by atoms with Crippen molar-refractivity contribution in [3.05, 3.63) is 52.2 Å². The fourth-order valence-corrected chi connectivity index (χ4v) is 2.42. The van der Waals surface area contributed by atoms with E-state index in [4.69, 9.17) is 0 Å². The summed E-state index contributed by atoms with van der Waals surface area (Å²) in [5.74, 6) is -0.379. The van der Waals surface area contributed by atoms with Crippen molar-refractivity contribution in [3.63, 3.8) is 0 Å². The molecule has 0 radical (unpaired) electrons. The molecule has 6 heteroatoms. The van der Waals surface area contributed by atoms with Gasteiger partial charge in [-0.3, -0.25) is 9.59 Å². The number of carbonyl (C=O) groups excluding carboxylic acids is 2. The third-order valence-corrected chi connectivity index (χ3v) is 3.71. The van der Waals surface area contributed by atoms with Crippen molar-refractivity contribution in [3.8, 4) is 0 Å². The molecule has 0 aliphatic rings. The molecule has 0 saturated heterocycles. The summed E-state index contributed by atoms with van der Waals surface area (Å²) in [6.45, 7) is 0.134. The maximum Gasteiger partial charge on any atom is 0.261 e. The van der Waals surface area contributed by atoms with Crippen molar-refractivity contribution in [2.75, 3.05) is 11.9 Å². The molecule has 0 fully saturated rings. The minimum Gasteiger partial charge on any atom is -0.392 e. The summed E-state index contributed by atoms with van der Waals surface area (Å²) in [6.07, 6.45) is 0.177. The lowest BCUT2D eigenvalue weighted by atomic mass is 10.2. The highest BCUT2D eigenvalue weighted by atomic mass is 32.1. The van der Waals surface area contributed by atoms with Crippen LogP contribution in [0.2, 0.25) is 0 Å². The molecular formula is C15H16N2O3S. The molecule has 1 aromatic heterocycles. The van der Waals surface area contributed by atoms with Crippen molar-refractivity contribution in [2.24, 2.45) is 0 Å². The van der Waals surface area contributed by atoms with E-state index in [0.717, 1.165) is 0 Å². The van der Waals surface area contributed by atoms with Gasteiger partial charge in [-0.15, -0.1) is 11.3 Å². The lowest BCUT2D eigenvalue weighted by molar-refractivity contribution is -0.116. The molecule has 0 bridgehead atoms. The SMILES string of the molecule is O=C(CCNC(=O)c1cccs1)Nc1ccccc1CO. The van der Waals surface area contributed by atoms with Gasteiger partial charge in [0, 0.05) is 24.2 Å². The van der Waals surface area contributed by atoms with Gasteiger partial charge in [0.25, 0.3) is 5.91 Å². The number of amides is 2. The Hall–Kier alpha value is -2.18. The third-order valence-electron chi connectivity index (χ3n) is 2.84. The minimum atomic E-state index is -0.206. The van der Waals surface area contributed by atoms with Crippen molar-refractivity contribution in [1.29, 1.82) is 0 Å². The number of thiophene rings is 1. The van der Waals surface area contributed by atoms with Gasteiger partial charge in [-0.25, -0.2) is 0 Å². The minimum absolute atomic E-state index is 0.133. The molecule has 0 saturated carbocycles. The van der Waals surface area contributed by atoms with Crippen LogP contribution in [0.25, 0.3) is 0 Å². The Labute approximate surface area is 126 Å². The van der Waals surface area contributed by atoms with E-state index < -0.39 is 0 Å². The van der Waals surface area contributed by atoms with E-state index in [-0.39, 0.29) is 31.4 Å². The van der Waals surface area contributed by atoms with Crippen LogP contribution < -0.4 is 10.6 Å². The molecule has 0 aliphatic heterocycles. The summed E-state index contributed by atoms with van der Waals surface area (Å²) >= 11 is 1.36. The van der Waals surface area contributed by atoms with Gasteiger partial charge in [-0.05, 0) is 17.5 Å². The van der Waals surface area contributed by atoms with Crippen molar-refractivity contribution in [2.45, 2.75) is 13.0 Å². The quantitative estimate of drug-likeness (QED) is 0.764. The van der Waals surface area contributed by atoms with Gasteiger partial charge in [-0.1, -0.05) is 24.3 Å². The molecule has 5 nitrogen and oxygen atoms in total. The Morgan fingerprint density at radius 2 is 1.95 bits per heavy atom. The van der Waals surface area contributed by atoms with E-state index >= 15 is 0 Å². The van der Waals surface area contributed by atoms with Crippen LogP contribution in [0, 0.1) is 0 Å². The Morgan fingerprint density at radius 1 is 1.14 bits per heavy atom. The average Bonchev–Trinajstić information content (AvgIpc) is 3.02. The summed E-state index contributed by atoms with van der Waals surface area (Å²) in [5.41, 5.74) is 1.25. The number of benzene rings is 1. The predicted molar refractivity (Wildman–Crippen MR) is 82.3 cm³/mol. The number of anilines is 1. The molecule has 110 valence electrons. The number of aliphatic hydroxyl groups excluding tert-OH is 1. The lowest BCUT2D eigenvalue weighted by Gasteiger charge is -2.09. The highest BCUT2D eigenvalue weighted by Gasteiger charge is 2.08. The molecule has 21 heavy (non-hydrogen) atoms. The van der Waals surface area contributed by atoms with Gasteiger partial charge in [-0.2, -0.15) is 0 Å². The van der Waals surface area contributed by atoms with Crippen LogP contribution in [-0.4, -0.2) is 23.5 Å². The molecule has 0 spiro atoms. The van der Waals surface area contributed by atoms with E-state index in [1.807, 2.05) is 5.38 Å². The van der Waals surface area contributed by atoms with Crippen molar-refractivity contribution < 1.29 is 14.7 Å². The highest BCUT2D eigenvalue weighted by molar-refractivity contribution is 7.12. The van der Waals surface area contributed by atoms with Gasteiger partial charge in [0.05, 0.1) is 11.5 Å². The number of carbonyl (C=O) groups is 2. The zero-order valence-electron chi connectivity index (χ0n) is 11.3. The summed E-state index contributed by atoms with van der Waals surface area (Å²) in [5, 5.41) is 16.4. The third kappa shape index (κ3) is 4.40. The normalized spacial score (nSPS) is 10.1. The summed E-state index contributed by atoms with van der Waals surface area (Å²) in [6, 6.07) is 10.6. The van der Waals surface area contributed by atoms with Crippen LogP contribution >= 0.6 is 11.3 Å². The molecular weight excluding hydrogens is 288 g/mol. The van der Waals surface area contributed by atoms with E-state index in [1.54, 1.807) is 36.4 Å². The van der Waals surface area contributed by atoms with Crippen LogP contribution in [-0.2, 0) is 11.4 Å². The number of hydrogen-bond acceptors (Lipinski definition) is 4. The number of nitrogens with one attached hydrogen (secondary N) is 2. The molecule has 2 aromatic rings. The number of aliphatic hydroxyl groups is 1. The number of para-hydroxylation sites is 1. The Balaban J connectivity index is 1.79. The molecule has 0 aliphatic carbocycles. The molecule has 2 rings (SSSR count). The fourth-order valence-electron chi connectivity index (χ4n) is 1.78. The van der Waals surface area contributed by atoms with Gasteiger partial charge in [0.15, 0.2) is 0 Å². The first-order valence-electron chi connectivity index (χ1n) is 6.51. The van der Waals surface area contributed by atoms with Crippen LogP contribution in [0.1, 0.15) is 21.7 Å². The standard InChI is InChI=1S/C15H16N2O3S/c18-10-11-4-1-2-5-12(11)17-14(19)7-8-16-15(20)13-6-3-9-21-13/h1-6,9,18H,7-8,10H2,(H,16,20)(H,17,19). The number of rotatable bonds is 6. The molecule has 2 amide bonds. The average molecular weight is 304 g/mol. The molecule has 1 aromatic carbocycles. The van der Waals surface area contributed by atoms with Crippen LogP contribution in [0.4, 0.5) is 5.69 Å². The zero-order chi connectivity index (χ0) is 15.1.